The lowest BCUT2D eigenvalue weighted by atomic mass is 10.3. The lowest BCUT2D eigenvalue weighted by molar-refractivity contribution is -0.133. The third-order valence-corrected chi connectivity index (χ3v) is 4.41. The second-order valence-electron chi connectivity index (χ2n) is 5.90. The second-order valence-corrected chi connectivity index (χ2v) is 8.04. The number of nitrogens with zero attached hydrogens (tertiary/aromatic N) is 3. The number of imidazole rings is 1. The summed E-state index contributed by atoms with van der Waals surface area (Å²) in [6, 6.07) is 6.94. The Kier molecular flexibility index (Phi) is 6.10. The van der Waals surface area contributed by atoms with Crippen molar-refractivity contribution in [1.82, 2.24) is 14.5 Å². The minimum absolute atomic E-state index is 0.219. The van der Waals surface area contributed by atoms with Gasteiger partial charge in [-0.25, -0.2) is 22.2 Å². The zero-order chi connectivity index (χ0) is 18.6. The summed E-state index contributed by atoms with van der Waals surface area (Å²) < 4.78 is 50.2. The van der Waals surface area contributed by atoms with Crippen LogP contribution in [-0.4, -0.2) is 54.5 Å². The lowest BCUT2D eigenvalue weighted by Crippen LogP contribution is -2.38. The van der Waals surface area contributed by atoms with E-state index < -0.39 is 28.7 Å². The van der Waals surface area contributed by atoms with E-state index in [4.69, 9.17) is 0 Å². The molecule has 0 aliphatic heterocycles. The first-order chi connectivity index (χ1) is 11.7. The Hall–Kier alpha value is -2.03. The SMILES string of the molecule is CCCN(CC(F)F)C(=O)Cn1c(CS(C)(=O)=O)nc2ccccc21. The van der Waals surface area contributed by atoms with Crippen LogP contribution in [-0.2, 0) is 26.9 Å². The van der Waals surface area contributed by atoms with E-state index in [0.717, 1.165) is 11.2 Å². The monoisotopic (exact) mass is 373 g/mol. The number of sulfone groups is 1. The Morgan fingerprint density at radius 3 is 2.60 bits per heavy atom. The Labute approximate surface area is 145 Å². The molecule has 6 nitrogen and oxygen atoms in total. The number of alkyl halides is 2. The topological polar surface area (TPSA) is 72.3 Å². The zero-order valence-corrected chi connectivity index (χ0v) is 15.0. The van der Waals surface area contributed by atoms with Crippen LogP contribution in [0.2, 0.25) is 0 Å². The fourth-order valence-corrected chi connectivity index (χ4v) is 3.33. The minimum atomic E-state index is -3.36. The molecule has 0 bridgehead atoms. The van der Waals surface area contributed by atoms with E-state index in [-0.39, 0.29) is 24.7 Å². The number of benzene rings is 1. The van der Waals surface area contributed by atoms with Crippen LogP contribution in [0.5, 0.6) is 0 Å². The lowest BCUT2D eigenvalue weighted by Gasteiger charge is -2.22. The Balaban J connectivity index is 2.37. The molecule has 1 aromatic carbocycles. The van der Waals surface area contributed by atoms with Crippen molar-refractivity contribution in [2.45, 2.75) is 32.1 Å². The van der Waals surface area contributed by atoms with Crippen LogP contribution in [0, 0.1) is 0 Å². The van der Waals surface area contributed by atoms with Crippen LogP contribution in [0.15, 0.2) is 24.3 Å². The van der Waals surface area contributed by atoms with Gasteiger partial charge in [0.2, 0.25) is 5.91 Å². The third kappa shape index (κ3) is 5.22. The Bertz CT molecular complexity index is 849. The number of para-hydroxylation sites is 2. The molecular formula is C16H21F2N3O3S. The highest BCUT2D eigenvalue weighted by Crippen LogP contribution is 2.18. The molecule has 0 saturated carbocycles. The van der Waals surface area contributed by atoms with Crippen LogP contribution < -0.4 is 0 Å². The molecule has 0 fully saturated rings. The van der Waals surface area contributed by atoms with Crippen LogP contribution >= 0.6 is 0 Å². The van der Waals surface area contributed by atoms with Crippen LogP contribution in [0.3, 0.4) is 0 Å². The second kappa shape index (κ2) is 7.90. The Morgan fingerprint density at radius 2 is 2.00 bits per heavy atom. The number of amides is 1. The van der Waals surface area contributed by atoms with E-state index in [0.29, 0.717) is 17.5 Å². The number of carbonyl (C=O) groups excluding carboxylic acids is 1. The maximum absolute atomic E-state index is 12.7. The first-order valence-corrected chi connectivity index (χ1v) is 9.95. The molecule has 0 saturated heterocycles. The smallest absolute Gasteiger partial charge is 0.255 e. The van der Waals surface area contributed by atoms with E-state index >= 15 is 0 Å². The number of aromatic nitrogens is 2. The summed E-state index contributed by atoms with van der Waals surface area (Å²) in [6.45, 7) is 1.16. The van der Waals surface area contributed by atoms with E-state index in [2.05, 4.69) is 4.98 Å². The standard InChI is InChI=1S/C16H21F2N3O3S/c1-3-8-20(9-14(17)18)16(22)10-21-13-7-5-4-6-12(13)19-15(21)11-25(2,23)24/h4-7,14H,3,8-11H2,1-2H3. The fourth-order valence-electron chi connectivity index (χ4n) is 2.64. The number of rotatable bonds is 8. The molecule has 25 heavy (non-hydrogen) atoms. The predicted octanol–water partition coefficient (Wildman–Crippen LogP) is 2.08. The average molecular weight is 373 g/mol. The van der Waals surface area contributed by atoms with Crippen molar-refractivity contribution in [2.24, 2.45) is 0 Å². The molecule has 0 N–H and O–H groups in total. The number of halogens is 2. The number of carbonyl (C=O) groups is 1. The van der Waals surface area contributed by atoms with E-state index in [1.54, 1.807) is 31.2 Å². The largest absolute Gasteiger partial charge is 0.335 e. The molecule has 9 heteroatoms. The third-order valence-electron chi connectivity index (χ3n) is 3.62. The van der Waals surface area contributed by atoms with Crippen LogP contribution in [0.25, 0.3) is 11.0 Å². The minimum Gasteiger partial charge on any atom is -0.335 e. The van der Waals surface area contributed by atoms with Gasteiger partial charge in [-0.1, -0.05) is 19.1 Å². The highest BCUT2D eigenvalue weighted by molar-refractivity contribution is 7.89. The molecule has 0 atom stereocenters. The molecule has 0 aliphatic rings. The molecule has 2 aromatic rings. The summed E-state index contributed by atoms with van der Waals surface area (Å²) in [5.41, 5.74) is 1.16. The van der Waals surface area contributed by atoms with Gasteiger partial charge < -0.3 is 9.47 Å². The van der Waals surface area contributed by atoms with Crippen molar-refractivity contribution in [3.8, 4) is 0 Å². The average Bonchev–Trinajstić information content (AvgIpc) is 2.82. The Morgan fingerprint density at radius 1 is 1.32 bits per heavy atom. The van der Waals surface area contributed by atoms with E-state index in [1.165, 1.54) is 4.57 Å². The van der Waals surface area contributed by atoms with Crippen LogP contribution in [0.1, 0.15) is 19.2 Å². The highest BCUT2D eigenvalue weighted by Gasteiger charge is 2.21. The first kappa shape index (κ1) is 19.3. The summed E-state index contributed by atoms with van der Waals surface area (Å²) in [6.07, 6.45) is -0.983. The molecular weight excluding hydrogens is 352 g/mol. The van der Waals surface area contributed by atoms with E-state index in [1.807, 2.05) is 0 Å². The molecule has 0 aliphatic carbocycles. The van der Waals surface area contributed by atoms with Crippen LogP contribution in [0.4, 0.5) is 8.78 Å². The maximum Gasteiger partial charge on any atom is 0.255 e. The van der Waals surface area contributed by atoms with Gasteiger partial charge in [-0.05, 0) is 18.6 Å². The summed E-state index contributed by atoms with van der Waals surface area (Å²) >= 11 is 0. The summed E-state index contributed by atoms with van der Waals surface area (Å²) in [4.78, 5) is 17.9. The van der Waals surface area contributed by atoms with Gasteiger partial charge >= 0.3 is 0 Å². The van der Waals surface area contributed by atoms with Gasteiger partial charge in [-0.15, -0.1) is 0 Å². The number of hydrogen-bond acceptors (Lipinski definition) is 4. The predicted molar refractivity (Wildman–Crippen MR) is 91.2 cm³/mol. The van der Waals surface area contributed by atoms with Gasteiger partial charge in [0.1, 0.15) is 18.1 Å². The van der Waals surface area contributed by atoms with Gasteiger partial charge in [-0.2, -0.15) is 0 Å². The molecule has 2 rings (SSSR count). The molecule has 0 spiro atoms. The molecule has 1 heterocycles. The molecule has 138 valence electrons. The van der Waals surface area contributed by atoms with Gasteiger partial charge in [-0.3, -0.25) is 4.79 Å². The van der Waals surface area contributed by atoms with Crippen molar-refractivity contribution >= 4 is 26.8 Å². The molecule has 0 unspecified atom stereocenters. The van der Waals surface area contributed by atoms with Crippen molar-refractivity contribution in [2.75, 3.05) is 19.3 Å². The first-order valence-electron chi connectivity index (χ1n) is 7.89. The van der Waals surface area contributed by atoms with Gasteiger partial charge in [0, 0.05) is 12.8 Å². The summed E-state index contributed by atoms with van der Waals surface area (Å²) in [7, 11) is -3.36. The van der Waals surface area contributed by atoms with Gasteiger partial charge in [0.25, 0.3) is 6.43 Å². The van der Waals surface area contributed by atoms with Gasteiger partial charge in [0.15, 0.2) is 9.84 Å². The van der Waals surface area contributed by atoms with Gasteiger partial charge in [0.05, 0.1) is 17.6 Å². The number of hydrogen-bond donors (Lipinski definition) is 0. The highest BCUT2D eigenvalue weighted by atomic mass is 32.2. The van der Waals surface area contributed by atoms with Crippen molar-refractivity contribution < 1.29 is 22.0 Å². The number of fused-ring (bicyclic) bond motifs is 1. The molecule has 1 aromatic heterocycles. The van der Waals surface area contributed by atoms with E-state index in [9.17, 15) is 22.0 Å². The van der Waals surface area contributed by atoms with Crippen molar-refractivity contribution in [3.63, 3.8) is 0 Å². The molecule has 1 amide bonds. The van der Waals surface area contributed by atoms with Crippen molar-refractivity contribution in [1.29, 1.82) is 0 Å². The quantitative estimate of drug-likeness (QED) is 0.710. The maximum atomic E-state index is 12.7. The zero-order valence-electron chi connectivity index (χ0n) is 14.2. The fraction of sp³-hybridized carbons (Fsp3) is 0.500. The normalized spacial score (nSPS) is 12.0. The summed E-state index contributed by atoms with van der Waals surface area (Å²) in [5.74, 6) is -0.581. The molecule has 0 radical (unpaired) electrons. The van der Waals surface area contributed by atoms with Crippen molar-refractivity contribution in [3.05, 3.63) is 30.1 Å². The summed E-state index contributed by atoms with van der Waals surface area (Å²) in [5, 5.41) is 0.